The number of carbonyl (C=O) groups is 7. The number of ether oxygens (including phenoxy) is 6. The van der Waals surface area contributed by atoms with Gasteiger partial charge in [-0.1, -0.05) is 45.9 Å². The maximum absolute atomic E-state index is 14.1. The highest BCUT2D eigenvalue weighted by atomic mass is 16.7. The van der Waals surface area contributed by atoms with Crippen LogP contribution < -0.4 is 14.8 Å². The van der Waals surface area contributed by atoms with E-state index in [-0.39, 0.29) is 33.8 Å². The average molecular weight is 780 g/mol. The summed E-state index contributed by atoms with van der Waals surface area (Å²) in [5.41, 5.74) is -1.33. The van der Waals surface area contributed by atoms with Crippen LogP contribution in [0.5, 0.6) is 11.5 Å². The summed E-state index contributed by atoms with van der Waals surface area (Å²) >= 11 is 0. The highest BCUT2D eigenvalue weighted by Crippen LogP contribution is 2.48. The standard InChI is InChI=1S/C41H49NO14/c1-18-13-12-14-19(2)40(50)42-27-17-28(46)30-31(34(27)48)37(55-26(9)45)23(6)38-32(30)39(49)41(10,56-38)52-16-15-29(51-11)20(3)36(54-25(8)44)22(5)33(47)21(4)35(18)53-24(7)43/h12-18,20-22,29,33,35-36,47H,1-11H3,(H,42,50). The van der Waals surface area contributed by atoms with E-state index in [0.29, 0.717) is 0 Å². The number of fused-ring (bicyclic) bond motifs is 14. The molecule has 0 radical (unpaired) electrons. The predicted molar refractivity (Wildman–Crippen MR) is 198 cm³/mol. The molecule has 9 unspecified atom stereocenters. The Balaban J connectivity index is 1.90. The van der Waals surface area contributed by atoms with E-state index in [4.69, 9.17) is 28.4 Å². The Morgan fingerprint density at radius 3 is 2.04 bits per heavy atom. The van der Waals surface area contributed by atoms with Gasteiger partial charge in [-0.15, -0.1) is 0 Å². The van der Waals surface area contributed by atoms with Crippen LogP contribution in [-0.4, -0.2) is 83.6 Å². The number of allylic oxidation sites excluding steroid dienone is 4. The van der Waals surface area contributed by atoms with Gasteiger partial charge < -0.3 is 38.8 Å². The number of aliphatic hydroxyl groups excluding tert-OH is 1. The van der Waals surface area contributed by atoms with Crippen LogP contribution in [0.3, 0.4) is 0 Å². The third-order valence-corrected chi connectivity index (χ3v) is 10.3. The Bertz CT molecular complexity index is 1960. The van der Waals surface area contributed by atoms with E-state index in [1.165, 1.54) is 53.9 Å². The van der Waals surface area contributed by atoms with E-state index < -0.39 is 106 Å². The van der Waals surface area contributed by atoms with Gasteiger partial charge in [0.05, 0.1) is 40.9 Å². The van der Waals surface area contributed by atoms with Crippen molar-refractivity contribution in [2.45, 2.75) is 99.4 Å². The van der Waals surface area contributed by atoms with Gasteiger partial charge in [-0.2, -0.15) is 0 Å². The van der Waals surface area contributed by atoms with Crippen LogP contribution in [0.25, 0.3) is 0 Å². The Kier molecular flexibility index (Phi) is 13.3. The van der Waals surface area contributed by atoms with Crippen LogP contribution in [-0.2, 0) is 38.1 Å². The zero-order chi connectivity index (χ0) is 42.0. The first-order valence-electron chi connectivity index (χ1n) is 18.1. The normalized spacial score (nSPS) is 29.7. The van der Waals surface area contributed by atoms with E-state index in [9.17, 15) is 38.7 Å². The third-order valence-electron chi connectivity index (χ3n) is 10.3. The molecule has 4 aliphatic rings. The minimum atomic E-state index is -2.09. The number of carbonyl (C=O) groups excluding carboxylic acids is 7. The summed E-state index contributed by atoms with van der Waals surface area (Å²) in [5.74, 6) is -10.5. The van der Waals surface area contributed by atoms with E-state index in [2.05, 4.69) is 5.32 Å². The molecule has 0 saturated heterocycles. The maximum atomic E-state index is 14.1. The molecule has 1 aromatic carbocycles. The molecule has 1 aliphatic carbocycles. The molecule has 15 heteroatoms. The molecule has 5 rings (SSSR count). The highest BCUT2D eigenvalue weighted by molar-refractivity contribution is 6.31. The number of rotatable bonds is 4. The third kappa shape index (κ3) is 8.68. The Labute approximate surface area is 325 Å². The molecule has 0 saturated carbocycles. The van der Waals surface area contributed by atoms with Gasteiger partial charge in [0.25, 0.3) is 11.7 Å². The molecule has 1 amide bonds. The van der Waals surface area contributed by atoms with Gasteiger partial charge in [-0.25, -0.2) is 0 Å². The summed E-state index contributed by atoms with van der Waals surface area (Å²) in [5, 5.41) is 14.2. The molecule has 2 N–H and O–H groups in total. The molecule has 0 fully saturated rings. The molecule has 0 spiro atoms. The number of benzene rings is 1. The van der Waals surface area contributed by atoms with E-state index in [1.54, 1.807) is 39.8 Å². The molecule has 3 heterocycles. The second-order valence-corrected chi connectivity index (χ2v) is 14.5. The fraction of sp³-hybridized carbons (Fsp3) is 0.488. The number of hydrogen-bond donors (Lipinski definition) is 2. The number of hydrogen-bond acceptors (Lipinski definition) is 14. The Morgan fingerprint density at radius 2 is 1.45 bits per heavy atom. The molecule has 15 nitrogen and oxygen atoms in total. The highest BCUT2D eigenvalue weighted by Gasteiger charge is 2.52. The van der Waals surface area contributed by atoms with Gasteiger partial charge in [0.1, 0.15) is 23.7 Å². The second kappa shape index (κ2) is 17.2. The van der Waals surface area contributed by atoms with Gasteiger partial charge in [-0.05, 0) is 19.9 Å². The van der Waals surface area contributed by atoms with Crippen molar-refractivity contribution in [3.8, 4) is 11.5 Å². The maximum Gasteiger partial charge on any atom is 0.312 e. The monoisotopic (exact) mass is 779 g/mol. The van der Waals surface area contributed by atoms with E-state index in [1.807, 2.05) is 0 Å². The van der Waals surface area contributed by atoms with Gasteiger partial charge in [0.15, 0.2) is 5.78 Å². The number of nitrogens with one attached hydrogen (secondary N) is 1. The largest absolute Gasteiger partial charge is 0.462 e. The van der Waals surface area contributed by atoms with Crippen molar-refractivity contribution in [1.29, 1.82) is 0 Å². The fourth-order valence-electron chi connectivity index (χ4n) is 7.27. The number of methoxy groups -OCH3 is 1. The Hall–Kier alpha value is -5.41. The molecular weight excluding hydrogens is 730 g/mol. The van der Waals surface area contributed by atoms with Crippen molar-refractivity contribution in [2.24, 2.45) is 23.7 Å². The van der Waals surface area contributed by atoms with Crippen molar-refractivity contribution < 1.29 is 67.1 Å². The molecule has 56 heavy (non-hydrogen) atoms. The van der Waals surface area contributed by atoms with Crippen LogP contribution in [0.4, 0.5) is 0 Å². The summed E-state index contributed by atoms with van der Waals surface area (Å²) in [6, 6.07) is 0. The van der Waals surface area contributed by atoms with E-state index in [0.717, 1.165) is 19.3 Å². The lowest BCUT2D eigenvalue weighted by atomic mass is 9.78. The summed E-state index contributed by atoms with van der Waals surface area (Å²) < 4.78 is 34.5. The Morgan fingerprint density at radius 1 is 0.839 bits per heavy atom. The number of amides is 1. The van der Waals surface area contributed by atoms with Crippen LogP contribution >= 0.6 is 0 Å². The van der Waals surface area contributed by atoms with E-state index >= 15 is 0 Å². The minimum Gasteiger partial charge on any atom is -0.462 e. The lowest BCUT2D eigenvalue weighted by Gasteiger charge is -2.38. The number of ketones is 3. The molecule has 9 atom stereocenters. The lowest BCUT2D eigenvalue weighted by Crippen LogP contribution is -2.47. The predicted octanol–water partition coefficient (Wildman–Crippen LogP) is 4.42. The summed E-state index contributed by atoms with van der Waals surface area (Å²) in [6.45, 7) is 14.7. The van der Waals surface area contributed by atoms with Crippen molar-refractivity contribution >= 4 is 41.2 Å². The first-order valence-corrected chi connectivity index (χ1v) is 18.1. The van der Waals surface area contributed by atoms with Crippen LogP contribution in [0.15, 0.2) is 47.9 Å². The van der Waals surface area contributed by atoms with Gasteiger partial charge in [0, 0.05) is 75.7 Å². The second-order valence-electron chi connectivity index (χ2n) is 14.5. The zero-order valence-corrected chi connectivity index (χ0v) is 33.3. The molecule has 3 aliphatic heterocycles. The smallest absolute Gasteiger partial charge is 0.312 e. The first-order chi connectivity index (χ1) is 26.1. The zero-order valence-electron chi connectivity index (χ0n) is 33.3. The molecule has 0 aromatic heterocycles. The van der Waals surface area contributed by atoms with Crippen molar-refractivity contribution in [2.75, 3.05) is 7.11 Å². The van der Waals surface area contributed by atoms with Gasteiger partial charge in [-0.3, -0.25) is 33.6 Å². The van der Waals surface area contributed by atoms with Crippen LogP contribution in [0.1, 0.15) is 99.0 Å². The topological polar surface area (TPSA) is 207 Å². The van der Waals surface area contributed by atoms with Gasteiger partial charge in [0.2, 0.25) is 5.78 Å². The quantitative estimate of drug-likeness (QED) is 0.321. The molecule has 1 aromatic rings. The van der Waals surface area contributed by atoms with Crippen molar-refractivity contribution in [3.05, 3.63) is 70.2 Å². The number of aliphatic hydroxyl groups is 1. The molecule has 302 valence electrons. The van der Waals surface area contributed by atoms with Crippen molar-refractivity contribution in [3.63, 3.8) is 0 Å². The van der Waals surface area contributed by atoms with Gasteiger partial charge >= 0.3 is 23.7 Å². The SMILES string of the molecule is COC1C=COC2(C)Oc3c(C)c(OC(C)=O)c4c(c3C2=O)C(=O)C=C(NC(=O)C(C)=CC=CC(C)C(OC(C)=O)C(C)C(O)C(C)C(OC(C)=O)C1C)C4=O. The van der Waals surface area contributed by atoms with Crippen LogP contribution in [0, 0.1) is 30.6 Å². The fourth-order valence-corrected chi connectivity index (χ4v) is 7.27. The number of esters is 3. The number of Topliss-reactive ketones (excluding diaryl/α,β-unsaturated/α-hetero) is 2. The average Bonchev–Trinajstić information content (AvgIpc) is 3.38. The van der Waals surface area contributed by atoms with Crippen molar-refractivity contribution in [1.82, 2.24) is 5.32 Å². The summed E-state index contributed by atoms with van der Waals surface area (Å²) in [6.07, 6.45) is 4.32. The first kappa shape index (κ1) is 43.3. The summed E-state index contributed by atoms with van der Waals surface area (Å²) in [4.78, 5) is 92.2. The molecule has 5 bridgehead atoms. The summed E-state index contributed by atoms with van der Waals surface area (Å²) in [7, 11) is 1.41. The molecular formula is C41H49NO14. The lowest BCUT2D eigenvalue weighted by molar-refractivity contribution is -0.164. The van der Waals surface area contributed by atoms with Crippen LogP contribution in [0.2, 0.25) is 0 Å². The minimum absolute atomic E-state index is 0.0506.